The lowest BCUT2D eigenvalue weighted by atomic mass is 10.2. The molecule has 0 radical (unpaired) electrons. The highest BCUT2D eigenvalue weighted by molar-refractivity contribution is 7.58. The van der Waals surface area contributed by atoms with E-state index in [1.807, 2.05) is 48.5 Å². The Kier molecular flexibility index (Phi) is 5.10. The van der Waals surface area contributed by atoms with Crippen molar-refractivity contribution >= 4 is 7.37 Å². The summed E-state index contributed by atoms with van der Waals surface area (Å²) in [5.41, 5.74) is 1.72. The van der Waals surface area contributed by atoms with Gasteiger partial charge < -0.3 is 10.00 Å². The van der Waals surface area contributed by atoms with Crippen LogP contribution in [0.4, 0.5) is 0 Å². The summed E-state index contributed by atoms with van der Waals surface area (Å²) in [5.74, 6) is -0.770. The second-order valence-corrected chi connectivity index (χ2v) is 6.89. The molecule has 20 heavy (non-hydrogen) atoms. The van der Waals surface area contributed by atoms with E-state index in [0.717, 1.165) is 5.56 Å². The van der Waals surface area contributed by atoms with Crippen molar-refractivity contribution in [3.63, 3.8) is 0 Å². The van der Waals surface area contributed by atoms with Gasteiger partial charge >= 0.3 is 0 Å². The number of hydrogen-bond donors (Lipinski definition) is 3. The normalized spacial score (nSPS) is 15.5. The van der Waals surface area contributed by atoms with Gasteiger partial charge in [-0.1, -0.05) is 60.7 Å². The maximum atomic E-state index is 12.1. The van der Waals surface area contributed by atoms with Crippen LogP contribution in [0.1, 0.15) is 16.9 Å². The van der Waals surface area contributed by atoms with Crippen LogP contribution in [0.2, 0.25) is 0 Å². The predicted octanol–water partition coefficient (Wildman–Crippen LogP) is 2.70. The lowest BCUT2D eigenvalue weighted by molar-refractivity contribution is 0.324. The second-order valence-electron chi connectivity index (χ2n) is 4.58. The average Bonchev–Trinajstić information content (AvgIpc) is 2.49. The van der Waals surface area contributed by atoms with E-state index in [9.17, 15) is 9.46 Å². The van der Waals surface area contributed by atoms with E-state index in [2.05, 4.69) is 5.32 Å². The van der Waals surface area contributed by atoms with Crippen molar-refractivity contribution in [1.29, 1.82) is 0 Å². The maximum Gasteiger partial charge on any atom is 0.245 e. The number of hydrogen-bond acceptors (Lipinski definition) is 3. The van der Waals surface area contributed by atoms with E-state index >= 15 is 0 Å². The van der Waals surface area contributed by atoms with Gasteiger partial charge in [0.25, 0.3) is 0 Å². The van der Waals surface area contributed by atoms with Crippen LogP contribution >= 0.6 is 7.37 Å². The Morgan fingerprint density at radius 3 is 2.10 bits per heavy atom. The predicted molar refractivity (Wildman–Crippen MR) is 79.4 cm³/mol. The van der Waals surface area contributed by atoms with Crippen molar-refractivity contribution in [2.75, 3.05) is 6.35 Å². The lowest BCUT2D eigenvalue weighted by Gasteiger charge is -2.23. The van der Waals surface area contributed by atoms with E-state index in [1.54, 1.807) is 12.1 Å². The SMILES string of the molecule is O=P(O)(CO)C(NCc1ccccc1)c1ccccc1. The summed E-state index contributed by atoms with van der Waals surface area (Å²) in [6, 6.07) is 18.7. The molecule has 2 rings (SSSR count). The van der Waals surface area contributed by atoms with Gasteiger partial charge in [-0.2, -0.15) is 0 Å². The summed E-state index contributed by atoms with van der Waals surface area (Å²) in [6.07, 6.45) is -0.742. The molecule has 0 amide bonds. The molecular formula is C15H18NO3P. The van der Waals surface area contributed by atoms with Crippen molar-refractivity contribution in [1.82, 2.24) is 5.32 Å². The maximum absolute atomic E-state index is 12.1. The van der Waals surface area contributed by atoms with Crippen LogP contribution in [0.25, 0.3) is 0 Å². The smallest absolute Gasteiger partial charge is 0.245 e. The minimum atomic E-state index is -3.70. The van der Waals surface area contributed by atoms with Gasteiger partial charge in [0.1, 0.15) is 12.1 Å². The first-order valence-electron chi connectivity index (χ1n) is 6.38. The topological polar surface area (TPSA) is 69.6 Å². The average molecular weight is 291 g/mol. The van der Waals surface area contributed by atoms with Gasteiger partial charge in [-0.3, -0.25) is 9.88 Å². The first kappa shape index (κ1) is 14.9. The molecule has 0 fully saturated rings. The van der Waals surface area contributed by atoms with Crippen LogP contribution < -0.4 is 5.32 Å². The number of aliphatic hydroxyl groups is 1. The summed E-state index contributed by atoms with van der Waals surface area (Å²) in [5, 5.41) is 12.2. The van der Waals surface area contributed by atoms with Gasteiger partial charge in [-0.05, 0) is 11.1 Å². The minimum absolute atomic E-state index is 0.463. The monoisotopic (exact) mass is 291 g/mol. The zero-order valence-electron chi connectivity index (χ0n) is 11.0. The molecule has 0 bridgehead atoms. The van der Waals surface area contributed by atoms with Crippen molar-refractivity contribution in [2.45, 2.75) is 12.3 Å². The molecular weight excluding hydrogens is 273 g/mol. The van der Waals surface area contributed by atoms with Crippen LogP contribution in [0, 0.1) is 0 Å². The molecule has 5 heteroatoms. The fourth-order valence-electron chi connectivity index (χ4n) is 2.02. The highest BCUT2D eigenvalue weighted by Crippen LogP contribution is 2.52. The molecule has 106 valence electrons. The molecule has 0 heterocycles. The molecule has 0 aromatic heterocycles. The molecule has 0 aliphatic heterocycles. The second kappa shape index (κ2) is 6.82. The Bertz CT molecular complexity index is 574. The highest BCUT2D eigenvalue weighted by Gasteiger charge is 2.31. The molecule has 4 nitrogen and oxygen atoms in total. The van der Waals surface area contributed by atoms with Gasteiger partial charge in [0.2, 0.25) is 7.37 Å². The molecule has 0 saturated carbocycles. The zero-order chi connectivity index (χ0) is 14.4. The molecule has 0 aliphatic rings. The molecule has 0 saturated heterocycles. The fourth-order valence-corrected chi connectivity index (χ4v) is 3.20. The van der Waals surface area contributed by atoms with E-state index < -0.39 is 19.5 Å². The summed E-state index contributed by atoms with van der Waals surface area (Å²) >= 11 is 0. The van der Waals surface area contributed by atoms with Crippen LogP contribution in [0.15, 0.2) is 60.7 Å². The molecule has 2 atom stereocenters. The van der Waals surface area contributed by atoms with Crippen molar-refractivity contribution in [3.8, 4) is 0 Å². The third-order valence-electron chi connectivity index (χ3n) is 3.06. The first-order chi connectivity index (χ1) is 9.63. The number of nitrogens with one attached hydrogen (secondary N) is 1. The third-order valence-corrected chi connectivity index (χ3v) is 4.76. The van der Waals surface area contributed by atoms with E-state index in [0.29, 0.717) is 12.1 Å². The Morgan fingerprint density at radius 2 is 1.55 bits per heavy atom. The van der Waals surface area contributed by atoms with Crippen LogP contribution in [-0.2, 0) is 11.1 Å². The number of benzene rings is 2. The molecule has 3 N–H and O–H groups in total. The van der Waals surface area contributed by atoms with Gasteiger partial charge in [0.15, 0.2) is 0 Å². The summed E-state index contributed by atoms with van der Waals surface area (Å²) in [4.78, 5) is 9.96. The molecule has 0 aliphatic carbocycles. The zero-order valence-corrected chi connectivity index (χ0v) is 11.9. The Hall–Kier alpha value is -1.45. The van der Waals surface area contributed by atoms with E-state index in [1.165, 1.54) is 0 Å². The Labute approximate surface area is 118 Å². The van der Waals surface area contributed by atoms with Gasteiger partial charge in [-0.25, -0.2) is 0 Å². The molecule has 2 aromatic carbocycles. The van der Waals surface area contributed by atoms with Crippen molar-refractivity contribution in [3.05, 3.63) is 71.8 Å². The van der Waals surface area contributed by atoms with Crippen LogP contribution in [0.3, 0.4) is 0 Å². The standard InChI is InChI=1S/C15H18NO3P/c17-12-20(18,19)15(14-9-5-2-6-10-14)16-11-13-7-3-1-4-8-13/h1-10,15-17H,11-12H2,(H,18,19). The van der Waals surface area contributed by atoms with Crippen molar-refractivity contribution in [2.24, 2.45) is 0 Å². The van der Waals surface area contributed by atoms with Crippen LogP contribution in [0.5, 0.6) is 0 Å². The third kappa shape index (κ3) is 3.78. The van der Waals surface area contributed by atoms with Crippen LogP contribution in [-0.4, -0.2) is 16.3 Å². The summed E-state index contributed by atoms with van der Waals surface area (Å²) in [6.45, 7) is 0.463. The largest absolute Gasteiger partial charge is 0.386 e. The van der Waals surface area contributed by atoms with Gasteiger partial charge in [0.05, 0.1) is 0 Å². The van der Waals surface area contributed by atoms with E-state index in [4.69, 9.17) is 5.11 Å². The Morgan fingerprint density at radius 1 is 1.00 bits per heavy atom. The molecule has 2 unspecified atom stereocenters. The minimum Gasteiger partial charge on any atom is -0.386 e. The summed E-state index contributed by atoms with van der Waals surface area (Å²) < 4.78 is 12.1. The molecule has 2 aromatic rings. The number of aliphatic hydroxyl groups excluding tert-OH is 1. The van der Waals surface area contributed by atoms with Crippen molar-refractivity contribution < 1.29 is 14.6 Å². The quantitative estimate of drug-likeness (QED) is 0.716. The molecule has 0 spiro atoms. The highest BCUT2D eigenvalue weighted by atomic mass is 31.2. The van der Waals surface area contributed by atoms with Gasteiger partial charge in [0, 0.05) is 6.54 Å². The summed E-state index contributed by atoms with van der Waals surface area (Å²) in [7, 11) is -3.70. The Balaban J connectivity index is 2.18. The number of rotatable bonds is 6. The van der Waals surface area contributed by atoms with E-state index in [-0.39, 0.29) is 0 Å². The van der Waals surface area contributed by atoms with Gasteiger partial charge in [-0.15, -0.1) is 0 Å². The lowest BCUT2D eigenvalue weighted by Crippen LogP contribution is -2.22. The first-order valence-corrected chi connectivity index (χ1v) is 8.29. The fraction of sp³-hybridized carbons (Fsp3) is 0.200.